The molecule has 0 aliphatic carbocycles. The zero-order valence-corrected chi connectivity index (χ0v) is 14.4. The number of aromatic nitrogens is 1. The van der Waals surface area contributed by atoms with Gasteiger partial charge in [0.05, 0.1) is 12.6 Å². The van der Waals surface area contributed by atoms with E-state index < -0.39 is 0 Å². The average molecular weight is 331 g/mol. The minimum atomic E-state index is -0.197. The van der Waals surface area contributed by atoms with E-state index >= 15 is 0 Å². The number of nitrogens with one attached hydrogen (secondary N) is 3. The molecule has 1 heterocycles. The molecule has 24 heavy (non-hydrogen) atoms. The average Bonchev–Trinajstić information content (AvgIpc) is 2.54. The lowest BCUT2D eigenvalue weighted by Gasteiger charge is -2.09. The van der Waals surface area contributed by atoms with Gasteiger partial charge in [0, 0.05) is 24.7 Å². The Morgan fingerprint density at radius 1 is 1.21 bits per heavy atom. The Morgan fingerprint density at radius 2 is 1.96 bits per heavy atom. The zero-order chi connectivity index (χ0) is 17.5. The molecule has 0 unspecified atom stereocenters. The molecule has 2 aromatic rings. The summed E-state index contributed by atoms with van der Waals surface area (Å²) in [5.74, 6) is 1.26. The third-order valence-corrected chi connectivity index (χ3v) is 3.82. The maximum Gasteiger partial charge on any atom is 0.314 e. The quantitative estimate of drug-likeness (QED) is 0.728. The lowest BCUT2D eigenvalue weighted by Crippen LogP contribution is -2.37. The van der Waals surface area contributed by atoms with Crippen LogP contribution in [0.25, 0.3) is 10.9 Å². The van der Waals surface area contributed by atoms with Gasteiger partial charge in [0.25, 0.3) is 5.56 Å². The Morgan fingerprint density at radius 3 is 2.67 bits per heavy atom. The predicted octanol–water partition coefficient (Wildman–Crippen LogP) is 2.42. The summed E-state index contributed by atoms with van der Waals surface area (Å²) in [6.07, 6.45) is 1.43. The van der Waals surface area contributed by atoms with Crippen molar-refractivity contribution in [2.45, 2.75) is 26.7 Å². The number of pyridine rings is 1. The van der Waals surface area contributed by atoms with Crippen LogP contribution in [0, 0.1) is 5.92 Å². The number of benzene rings is 1. The molecule has 0 atom stereocenters. The van der Waals surface area contributed by atoms with E-state index in [1.165, 1.54) is 0 Å². The monoisotopic (exact) mass is 331 g/mol. The first-order valence-electron chi connectivity index (χ1n) is 8.21. The van der Waals surface area contributed by atoms with Crippen molar-refractivity contribution in [3.63, 3.8) is 0 Å². The summed E-state index contributed by atoms with van der Waals surface area (Å²) < 4.78 is 5.15. The molecule has 0 spiro atoms. The Hall–Kier alpha value is -2.50. The molecule has 0 radical (unpaired) electrons. The molecule has 0 saturated carbocycles. The molecule has 0 saturated heterocycles. The third-order valence-electron chi connectivity index (χ3n) is 3.82. The Bertz CT molecular complexity index is 753. The second-order valence-corrected chi connectivity index (χ2v) is 6.19. The van der Waals surface area contributed by atoms with Gasteiger partial charge in [-0.15, -0.1) is 0 Å². The molecule has 130 valence electrons. The second-order valence-electron chi connectivity index (χ2n) is 6.19. The summed E-state index contributed by atoms with van der Waals surface area (Å²) in [6.45, 7) is 5.29. The van der Waals surface area contributed by atoms with Gasteiger partial charge in [-0.2, -0.15) is 0 Å². The van der Waals surface area contributed by atoms with Gasteiger partial charge in [0.15, 0.2) is 0 Å². The number of H-pyrrole nitrogens is 1. The normalized spacial score (nSPS) is 10.8. The number of hydrogen-bond acceptors (Lipinski definition) is 3. The van der Waals surface area contributed by atoms with E-state index in [0.717, 1.165) is 17.3 Å². The van der Waals surface area contributed by atoms with E-state index in [-0.39, 0.29) is 11.6 Å². The zero-order valence-electron chi connectivity index (χ0n) is 14.4. The minimum absolute atomic E-state index is 0.141. The summed E-state index contributed by atoms with van der Waals surface area (Å²) >= 11 is 0. The van der Waals surface area contributed by atoms with Crippen LogP contribution in [0.1, 0.15) is 25.8 Å². The van der Waals surface area contributed by atoms with Crippen LogP contribution in [0.3, 0.4) is 0 Å². The summed E-state index contributed by atoms with van der Waals surface area (Å²) in [5.41, 5.74) is 1.25. The van der Waals surface area contributed by atoms with E-state index in [1.807, 2.05) is 18.2 Å². The van der Waals surface area contributed by atoms with E-state index in [0.29, 0.717) is 36.7 Å². The number of carbonyl (C=O) groups is 1. The molecule has 0 aliphatic rings. The molecule has 1 aromatic carbocycles. The molecule has 3 N–H and O–H groups in total. The van der Waals surface area contributed by atoms with Crippen LogP contribution in [0.2, 0.25) is 0 Å². The van der Waals surface area contributed by atoms with Crippen molar-refractivity contribution >= 4 is 16.9 Å². The SMILES string of the molecule is COc1ccc2cc(CCNC(=O)NCCC(C)C)c(=O)[nH]c2c1. The molecular weight excluding hydrogens is 306 g/mol. The van der Waals surface area contributed by atoms with Crippen molar-refractivity contribution in [1.29, 1.82) is 0 Å². The van der Waals surface area contributed by atoms with Crippen LogP contribution < -0.4 is 20.9 Å². The number of fused-ring (bicyclic) bond motifs is 1. The highest BCUT2D eigenvalue weighted by atomic mass is 16.5. The van der Waals surface area contributed by atoms with Crippen molar-refractivity contribution in [1.82, 2.24) is 15.6 Å². The Kier molecular flexibility index (Phi) is 6.23. The summed E-state index contributed by atoms with van der Waals surface area (Å²) in [5, 5.41) is 6.52. The molecule has 0 fully saturated rings. The topological polar surface area (TPSA) is 83.2 Å². The fourth-order valence-electron chi connectivity index (χ4n) is 2.39. The Balaban J connectivity index is 1.92. The highest BCUT2D eigenvalue weighted by Gasteiger charge is 2.06. The van der Waals surface area contributed by atoms with Gasteiger partial charge in [0.1, 0.15) is 5.75 Å². The molecule has 2 rings (SSSR count). The fraction of sp³-hybridized carbons (Fsp3) is 0.444. The first kappa shape index (κ1) is 17.8. The van der Waals surface area contributed by atoms with Gasteiger partial charge in [-0.1, -0.05) is 13.8 Å². The molecular formula is C18H25N3O3. The van der Waals surface area contributed by atoms with Crippen LogP contribution in [0.5, 0.6) is 5.75 Å². The first-order chi connectivity index (χ1) is 11.5. The summed E-state index contributed by atoms with van der Waals surface area (Å²) in [7, 11) is 1.59. The molecule has 2 amide bonds. The van der Waals surface area contributed by atoms with E-state index in [2.05, 4.69) is 29.5 Å². The minimum Gasteiger partial charge on any atom is -0.497 e. The van der Waals surface area contributed by atoms with Crippen molar-refractivity contribution in [3.05, 3.63) is 40.2 Å². The van der Waals surface area contributed by atoms with Gasteiger partial charge in [-0.25, -0.2) is 4.79 Å². The maximum absolute atomic E-state index is 12.1. The van der Waals surface area contributed by atoms with Crippen LogP contribution in [-0.2, 0) is 6.42 Å². The number of aromatic amines is 1. The summed E-state index contributed by atoms with van der Waals surface area (Å²) in [6, 6.07) is 7.20. The smallest absolute Gasteiger partial charge is 0.314 e. The molecule has 0 bridgehead atoms. The maximum atomic E-state index is 12.1. The van der Waals surface area contributed by atoms with Gasteiger partial charge in [-0.3, -0.25) is 4.79 Å². The van der Waals surface area contributed by atoms with E-state index in [4.69, 9.17) is 4.74 Å². The van der Waals surface area contributed by atoms with Crippen LogP contribution in [0.15, 0.2) is 29.1 Å². The third kappa shape index (κ3) is 5.01. The molecule has 6 heteroatoms. The van der Waals surface area contributed by atoms with Crippen molar-refractivity contribution < 1.29 is 9.53 Å². The van der Waals surface area contributed by atoms with Gasteiger partial charge >= 0.3 is 6.03 Å². The van der Waals surface area contributed by atoms with Crippen molar-refractivity contribution in [2.24, 2.45) is 5.92 Å². The first-order valence-corrected chi connectivity index (χ1v) is 8.21. The number of carbonyl (C=O) groups excluding carboxylic acids is 1. The number of methoxy groups -OCH3 is 1. The lowest BCUT2D eigenvalue weighted by atomic mass is 10.1. The van der Waals surface area contributed by atoms with Gasteiger partial charge in [-0.05, 0) is 42.3 Å². The van der Waals surface area contributed by atoms with E-state index in [9.17, 15) is 9.59 Å². The number of rotatable bonds is 7. The molecule has 1 aromatic heterocycles. The van der Waals surface area contributed by atoms with Crippen molar-refractivity contribution in [2.75, 3.05) is 20.2 Å². The largest absolute Gasteiger partial charge is 0.497 e. The van der Waals surface area contributed by atoms with Crippen LogP contribution >= 0.6 is 0 Å². The fourth-order valence-corrected chi connectivity index (χ4v) is 2.39. The van der Waals surface area contributed by atoms with Gasteiger partial charge in [0.2, 0.25) is 0 Å². The molecule has 0 aliphatic heterocycles. The van der Waals surface area contributed by atoms with E-state index in [1.54, 1.807) is 13.2 Å². The number of amides is 2. The predicted molar refractivity (Wildman–Crippen MR) is 95.7 cm³/mol. The second kappa shape index (κ2) is 8.38. The Labute approximate surface area is 141 Å². The van der Waals surface area contributed by atoms with Crippen LogP contribution in [-0.4, -0.2) is 31.2 Å². The van der Waals surface area contributed by atoms with Crippen LogP contribution in [0.4, 0.5) is 4.79 Å². The number of urea groups is 1. The number of hydrogen-bond donors (Lipinski definition) is 3. The highest BCUT2D eigenvalue weighted by Crippen LogP contribution is 2.18. The highest BCUT2D eigenvalue weighted by molar-refractivity contribution is 5.80. The summed E-state index contributed by atoms with van der Waals surface area (Å²) in [4.78, 5) is 26.6. The molecule has 6 nitrogen and oxygen atoms in total. The standard InChI is InChI=1S/C18H25N3O3/c1-12(2)6-8-19-18(23)20-9-7-14-10-13-4-5-15(24-3)11-16(13)21-17(14)22/h4-5,10-12H,6-9H2,1-3H3,(H,21,22)(H2,19,20,23). The lowest BCUT2D eigenvalue weighted by molar-refractivity contribution is 0.240. The van der Waals surface area contributed by atoms with Crippen molar-refractivity contribution in [3.8, 4) is 5.75 Å². The van der Waals surface area contributed by atoms with Gasteiger partial charge < -0.3 is 20.4 Å². The number of ether oxygens (including phenoxy) is 1.